The largest absolute Gasteiger partial charge is 0.461 e. The minimum Gasteiger partial charge on any atom is -0.461 e. The van der Waals surface area contributed by atoms with Gasteiger partial charge in [0.2, 0.25) is 0 Å². The number of aryl methyl sites for hydroxylation is 2. The number of fused-ring (bicyclic) bond motifs is 1. The average molecular weight is 405 g/mol. The highest BCUT2D eigenvalue weighted by molar-refractivity contribution is 6.22. The van der Waals surface area contributed by atoms with E-state index in [1.807, 2.05) is 19.1 Å². The van der Waals surface area contributed by atoms with Crippen LogP contribution in [0.5, 0.6) is 0 Å². The van der Waals surface area contributed by atoms with Crippen molar-refractivity contribution in [3.05, 3.63) is 82.4 Å². The van der Waals surface area contributed by atoms with E-state index in [2.05, 4.69) is 24.0 Å². The van der Waals surface area contributed by atoms with Crippen LogP contribution in [-0.4, -0.2) is 17.8 Å². The van der Waals surface area contributed by atoms with E-state index in [1.165, 1.54) is 18.4 Å². The molecular weight excluding hydrogens is 378 g/mol. The lowest BCUT2D eigenvalue weighted by Gasteiger charge is -2.11. The number of imide groups is 1. The van der Waals surface area contributed by atoms with Gasteiger partial charge in [0, 0.05) is 0 Å². The second kappa shape index (κ2) is 10.0. The molecule has 2 aromatic rings. The maximum Gasteiger partial charge on any atom is 0.310 e. The predicted octanol–water partition coefficient (Wildman–Crippen LogP) is 4.45. The minimum atomic E-state index is -0.464. The molecule has 0 spiro atoms. The van der Waals surface area contributed by atoms with Crippen LogP contribution in [0, 0.1) is 6.92 Å². The molecule has 156 valence electrons. The molecule has 0 saturated heterocycles. The lowest BCUT2D eigenvalue weighted by atomic mass is 10.0. The molecule has 1 N–H and O–H groups in total. The molecule has 0 bridgehead atoms. The lowest BCUT2D eigenvalue weighted by Crippen LogP contribution is -2.20. The van der Waals surface area contributed by atoms with E-state index in [1.54, 1.807) is 18.2 Å². The fraction of sp³-hybridized carbons (Fsp3) is 0.320. The number of rotatable bonds is 10. The number of hydrogen-bond donors (Lipinski definition) is 1. The highest BCUT2D eigenvalue weighted by Crippen LogP contribution is 2.21. The van der Waals surface area contributed by atoms with Gasteiger partial charge in [0.15, 0.2) is 0 Å². The summed E-state index contributed by atoms with van der Waals surface area (Å²) in [5, 5.41) is 2.26. The van der Waals surface area contributed by atoms with Crippen molar-refractivity contribution in [2.24, 2.45) is 0 Å². The number of hydrogen-bond acceptors (Lipinski definition) is 4. The topological polar surface area (TPSA) is 72.5 Å². The zero-order valence-corrected chi connectivity index (χ0v) is 17.3. The molecule has 3 rings (SSSR count). The van der Waals surface area contributed by atoms with E-state index in [0.29, 0.717) is 11.1 Å². The highest BCUT2D eigenvalue weighted by Gasteiger charge is 2.29. The monoisotopic (exact) mass is 405 g/mol. The summed E-state index contributed by atoms with van der Waals surface area (Å²) in [4.78, 5) is 36.1. The number of benzene rings is 2. The molecule has 0 aromatic heterocycles. The van der Waals surface area contributed by atoms with Crippen LogP contribution in [0.3, 0.4) is 0 Å². The van der Waals surface area contributed by atoms with Crippen molar-refractivity contribution in [2.45, 2.75) is 52.1 Å². The Balaban J connectivity index is 1.54. The number of amides is 2. The van der Waals surface area contributed by atoms with Gasteiger partial charge in [-0.2, -0.15) is 0 Å². The summed E-state index contributed by atoms with van der Waals surface area (Å²) < 4.78 is 5.44. The van der Waals surface area contributed by atoms with Gasteiger partial charge >= 0.3 is 5.97 Å². The number of esters is 1. The molecule has 1 heterocycles. The zero-order valence-electron chi connectivity index (χ0n) is 17.3. The standard InChI is InChI=1S/C25H27NO4/c1-3-4-5-6-7-9-18-12-13-20(17(2)14-18)16-30-22(27)15-19-10-8-11-21-23(19)25(29)26-24(21)28/h3,8,10-14H,1,4-7,9,15-16H2,2H3,(H,26,28,29). The molecule has 0 atom stereocenters. The molecule has 5 nitrogen and oxygen atoms in total. The Bertz CT molecular complexity index is 977. The molecule has 0 fully saturated rings. The Kier molecular flexibility index (Phi) is 7.17. The fourth-order valence-corrected chi connectivity index (χ4v) is 3.67. The summed E-state index contributed by atoms with van der Waals surface area (Å²) in [5.74, 6) is -1.32. The molecule has 30 heavy (non-hydrogen) atoms. The third-order valence-electron chi connectivity index (χ3n) is 5.35. The SMILES string of the molecule is C=CCCCCCc1ccc(COC(=O)Cc2cccc3c2C(=O)NC3=O)c(C)c1. The lowest BCUT2D eigenvalue weighted by molar-refractivity contribution is -0.144. The third-order valence-corrected chi connectivity index (χ3v) is 5.35. The van der Waals surface area contributed by atoms with Crippen molar-refractivity contribution in [2.75, 3.05) is 0 Å². The number of carbonyl (C=O) groups excluding carboxylic acids is 3. The molecular formula is C25H27NO4. The number of carbonyl (C=O) groups is 3. The molecule has 0 radical (unpaired) electrons. The van der Waals surface area contributed by atoms with E-state index < -0.39 is 17.8 Å². The Labute approximate surface area is 177 Å². The van der Waals surface area contributed by atoms with Crippen LogP contribution in [0.2, 0.25) is 0 Å². The summed E-state index contributed by atoms with van der Waals surface area (Å²) in [6.07, 6.45) is 7.53. The van der Waals surface area contributed by atoms with Gasteiger partial charge < -0.3 is 4.74 Å². The maximum absolute atomic E-state index is 12.3. The van der Waals surface area contributed by atoms with Crippen LogP contribution < -0.4 is 5.32 Å². The van der Waals surface area contributed by atoms with Crippen molar-refractivity contribution >= 4 is 17.8 Å². The first-order chi connectivity index (χ1) is 14.5. The van der Waals surface area contributed by atoms with Crippen molar-refractivity contribution in [1.29, 1.82) is 0 Å². The number of nitrogens with one attached hydrogen (secondary N) is 1. The van der Waals surface area contributed by atoms with E-state index >= 15 is 0 Å². The Morgan fingerprint density at radius 2 is 1.90 bits per heavy atom. The normalized spacial score (nSPS) is 12.4. The first kappa shape index (κ1) is 21.5. The fourth-order valence-electron chi connectivity index (χ4n) is 3.67. The van der Waals surface area contributed by atoms with Gasteiger partial charge in [0.05, 0.1) is 17.5 Å². The van der Waals surface area contributed by atoms with Crippen molar-refractivity contribution in [1.82, 2.24) is 5.32 Å². The number of ether oxygens (including phenoxy) is 1. The van der Waals surface area contributed by atoms with Crippen LogP contribution in [0.15, 0.2) is 49.1 Å². The van der Waals surface area contributed by atoms with Gasteiger partial charge in [-0.3, -0.25) is 19.7 Å². The highest BCUT2D eigenvalue weighted by atomic mass is 16.5. The Morgan fingerprint density at radius 3 is 2.67 bits per heavy atom. The third kappa shape index (κ3) is 5.23. The minimum absolute atomic E-state index is 0.0499. The Morgan fingerprint density at radius 1 is 1.07 bits per heavy atom. The van der Waals surface area contributed by atoms with Gasteiger partial charge in [-0.1, -0.05) is 42.8 Å². The van der Waals surface area contributed by atoms with Gasteiger partial charge in [-0.15, -0.1) is 6.58 Å². The summed E-state index contributed by atoms with van der Waals surface area (Å²) in [7, 11) is 0. The summed E-state index contributed by atoms with van der Waals surface area (Å²) in [6.45, 7) is 5.95. The molecule has 2 amide bonds. The number of allylic oxidation sites excluding steroid dienone is 1. The summed E-state index contributed by atoms with van der Waals surface area (Å²) in [5.41, 5.74) is 4.43. The quantitative estimate of drug-likeness (QED) is 0.274. The van der Waals surface area contributed by atoms with E-state index in [-0.39, 0.29) is 18.6 Å². The maximum atomic E-state index is 12.3. The predicted molar refractivity (Wildman–Crippen MR) is 115 cm³/mol. The van der Waals surface area contributed by atoms with Crippen LogP contribution >= 0.6 is 0 Å². The molecule has 1 aliphatic rings. The molecule has 1 aliphatic heterocycles. The van der Waals surface area contributed by atoms with Gasteiger partial charge in [-0.25, -0.2) is 0 Å². The average Bonchev–Trinajstić information content (AvgIpc) is 3.02. The van der Waals surface area contributed by atoms with Crippen molar-refractivity contribution in [3.8, 4) is 0 Å². The summed E-state index contributed by atoms with van der Waals surface area (Å²) in [6, 6.07) is 11.2. The molecule has 2 aromatic carbocycles. The first-order valence-corrected chi connectivity index (χ1v) is 10.3. The van der Waals surface area contributed by atoms with Crippen LogP contribution in [0.25, 0.3) is 0 Å². The number of unbranched alkanes of at least 4 members (excludes halogenated alkanes) is 3. The van der Waals surface area contributed by atoms with E-state index in [0.717, 1.165) is 30.4 Å². The van der Waals surface area contributed by atoms with Crippen LogP contribution in [0.4, 0.5) is 0 Å². The first-order valence-electron chi connectivity index (χ1n) is 10.3. The van der Waals surface area contributed by atoms with Crippen molar-refractivity contribution in [3.63, 3.8) is 0 Å². The van der Waals surface area contributed by atoms with Gasteiger partial charge in [-0.05, 0) is 60.9 Å². The molecule has 0 unspecified atom stereocenters. The summed E-state index contributed by atoms with van der Waals surface area (Å²) >= 11 is 0. The second-order valence-electron chi connectivity index (χ2n) is 7.61. The molecule has 5 heteroatoms. The van der Waals surface area contributed by atoms with Crippen molar-refractivity contribution < 1.29 is 19.1 Å². The molecule has 0 saturated carbocycles. The van der Waals surface area contributed by atoms with Crippen LogP contribution in [0.1, 0.15) is 68.7 Å². The second-order valence-corrected chi connectivity index (χ2v) is 7.61. The van der Waals surface area contributed by atoms with Gasteiger partial charge in [0.1, 0.15) is 6.61 Å². The smallest absolute Gasteiger partial charge is 0.310 e. The van der Waals surface area contributed by atoms with E-state index in [9.17, 15) is 14.4 Å². The molecule has 0 aliphatic carbocycles. The Hall–Kier alpha value is -3.21. The van der Waals surface area contributed by atoms with Crippen LogP contribution in [-0.2, 0) is 29.0 Å². The van der Waals surface area contributed by atoms with Gasteiger partial charge in [0.25, 0.3) is 11.8 Å². The van der Waals surface area contributed by atoms with E-state index in [4.69, 9.17) is 4.74 Å². The zero-order chi connectivity index (χ0) is 21.5.